The van der Waals surface area contributed by atoms with Crippen LogP contribution in [0.5, 0.6) is 5.75 Å². The molecule has 0 spiro atoms. The summed E-state index contributed by atoms with van der Waals surface area (Å²) in [6.45, 7) is 7.15. The molecule has 0 aliphatic rings. The van der Waals surface area contributed by atoms with E-state index in [2.05, 4.69) is 5.32 Å². The first-order chi connectivity index (χ1) is 8.08. The molecular formula is C14H21NO2. The quantitative estimate of drug-likeness (QED) is 0.769. The molecule has 0 unspecified atom stereocenters. The van der Waals surface area contributed by atoms with Crippen LogP contribution in [0.1, 0.15) is 25.8 Å². The molecule has 3 heteroatoms. The van der Waals surface area contributed by atoms with Gasteiger partial charge in [0.1, 0.15) is 12.4 Å². The summed E-state index contributed by atoms with van der Waals surface area (Å²) in [5.74, 6) is 1.34. The first kappa shape index (κ1) is 13.6. The van der Waals surface area contributed by atoms with Crippen LogP contribution in [-0.2, 0) is 4.79 Å². The molecule has 0 aliphatic carbocycles. The topological polar surface area (TPSA) is 38.3 Å². The first-order valence-corrected chi connectivity index (χ1v) is 6.04. The molecule has 0 aromatic heterocycles. The van der Waals surface area contributed by atoms with E-state index in [4.69, 9.17) is 4.74 Å². The van der Waals surface area contributed by atoms with Crippen molar-refractivity contribution >= 4 is 5.91 Å². The fraction of sp³-hybridized carbons (Fsp3) is 0.500. The highest BCUT2D eigenvalue weighted by Gasteiger charge is 2.03. The molecule has 0 aliphatic heterocycles. The Morgan fingerprint density at radius 1 is 1.41 bits per heavy atom. The SMILES string of the molecule is Cc1cccc(OCCNC(=O)CC(C)C)c1. The van der Waals surface area contributed by atoms with E-state index in [9.17, 15) is 4.79 Å². The summed E-state index contributed by atoms with van der Waals surface area (Å²) < 4.78 is 5.53. The van der Waals surface area contributed by atoms with Gasteiger partial charge in [-0.2, -0.15) is 0 Å². The number of ether oxygens (including phenoxy) is 1. The number of nitrogens with one attached hydrogen (secondary N) is 1. The average molecular weight is 235 g/mol. The Morgan fingerprint density at radius 2 is 2.18 bits per heavy atom. The highest BCUT2D eigenvalue weighted by Crippen LogP contribution is 2.11. The number of aryl methyl sites for hydroxylation is 1. The summed E-state index contributed by atoms with van der Waals surface area (Å²) in [6, 6.07) is 7.89. The van der Waals surface area contributed by atoms with Crippen molar-refractivity contribution in [2.24, 2.45) is 5.92 Å². The van der Waals surface area contributed by atoms with E-state index in [-0.39, 0.29) is 5.91 Å². The number of rotatable bonds is 6. The Kier molecular flexibility index (Phi) is 5.53. The number of carbonyl (C=O) groups excluding carboxylic acids is 1. The minimum Gasteiger partial charge on any atom is -0.492 e. The highest BCUT2D eigenvalue weighted by atomic mass is 16.5. The van der Waals surface area contributed by atoms with Crippen molar-refractivity contribution in [2.45, 2.75) is 27.2 Å². The third-order valence-electron chi connectivity index (χ3n) is 2.28. The van der Waals surface area contributed by atoms with Gasteiger partial charge in [0.05, 0.1) is 6.54 Å². The summed E-state index contributed by atoms with van der Waals surface area (Å²) in [6.07, 6.45) is 0.574. The van der Waals surface area contributed by atoms with Crippen molar-refractivity contribution in [3.63, 3.8) is 0 Å². The summed E-state index contributed by atoms with van der Waals surface area (Å²) >= 11 is 0. The van der Waals surface area contributed by atoms with Crippen LogP contribution in [0.3, 0.4) is 0 Å². The predicted octanol–water partition coefficient (Wildman–Crippen LogP) is 2.54. The summed E-state index contributed by atoms with van der Waals surface area (Å²) in [5, 5.41) is 2.83. The normalized spacial score (nSPS) is 10.4. The second kappa shape index (κ2) is 6.94. The zero-order valence-corrected chi connectivity index (χ0v) is 10.8. The zero-order chi connectivity index (χ0) is 12.7. The van der Waals surface area contributed by atoms with E-state index in [0.717, 1.165) is 5.75 Å². The van der Waals surface area contributed by atoms with Crippen LogP contribution in [0, 0.1) is 12.8 Å². The molecule has 1 amide bonds. The van der Waals surface area contributed by atoms with Crippen molar-refractivity contribution in [1.82, 2.24) is 5.32 Å². The van der Waals surface area contributed by atoms with Crippen molar-refractivity contribution < 1.29 is 9.53 Å². The van der Waals surface area contributed by atoms with Crippen LogP contribution >= 0.6 is 0 Å². The molecule has 3 nitrogen and oxygen atoms in total. The molecule has 1 N–H and O–H groups in total. The Hall–Kier alpha value is -1.51. The molecule has 0 bridgehead atoms. The first-order valence-electron chi connectivity index (χ1n) is 6.04. The molecule has 0 radical (unpaired) electrons. The second-order valence-electron chi connectivity index (χ2n) is 4.61. The largest absolute Gasteiger partial charge is 0.492 e. The lowest BCUT2D eigenvalue weighted by atomic mass is 10.1. The van der Waals surface area contributed by atoms with E-state index in [0.29, 0.717) is 25.5 Å². The van der Waals surface area contributed by atoms with E-state index in [1.807, 2.05) is 45.0 Å². The fourth-order valence-electron chi connectivity index (χ4n) is 1.51. The van der Waals surface area contributed by atoms with Crippen LogP contribution in [0.15, 0.2) is 24.3 Å². The van der Waals surface area contributed by atoms with Gasteiger partial charge in [0.2, 0.25) is 5.91 Å². The molecule has 0 atom stereocenters. The Bertz CT molecular complexity index is 361. The number of amides is 1. The number of carbonyl (C=O) groups is 1. The number of hydrogen-bond acceptors (Lipinski definition) is 2. The molecular weight excluding hydrogens is 214 g/mol. The van der Waals surface area contributed by atoms with E-state index >= 15 is 0 Å². The zero-order valence-electron chi connectivity index (χ0n) is 10.8. The molecule has 0 fully saturated rings. The fourth-order valence-corrected chi connectivity index (χ4v) is 1.51. The van der Waals surface area contributed by atoms with Gasteiger partial charge in [-0.25, -0.2) is 0 Å². The maximum Gasteiger partial charge on any atom is 0.220 e. The molecule has 0 saturated heterocycles. The summed E-state index contributed by atoms with van der Waals surface area (Å²) in [5.41, 5.74) is 1.17. The third-order valence-corrected chi connectivity index (χ3v) is 2.28. The van der Waals surface area contributed by atoms with Gasteiger partial charge >= 0.3 is 0 Å². The Morgan fingerprint density at radius 3 is 2.82 bits per heavy atom. The standard InChI is InChI=1S/C14H21NO2/c1-11(2)9-14(16)15-7-8-17-13-6-4-5-12(3)10-13/h4-6,10-11H,7-9H2,1-3H3,(H,15,16). The van der Waals surface area contributed by atoms with Gasteiger partial charge in [-0.3, -0.25) is 4.79 Å². The molecule has 0 heterocycles. The van der Waals surface area contributed by atoms with Crippen molar-refractivity contribution in [1.29, 1.82) is 0 Å². The smallest absolute Gasteiger partial charge is 0.220 e. The van der Waals surface area contributed by atoms with Crippen LogP contribution < -0.4 is 10.1 Å². The van der Waals surface area contributed by atoms with E-state index < -0.39 is 0 Å². The van der Waals surface area contributed by atoms with Crippen LogP contribution in [0.4, 0.5) is 0 Å². The van der Waals surface area contributed by atoms with Crippen molar-refractivity contribution in [3.8, 4) is 5.75 Å². The third kappa shape index (κ3) is 5.95. The highest BCUT2D eigenvalue weighted by molar-refractivity contribution is 5.75. The van der Waals surface area contributed by atoms with Crippen LogP contribution in [-0.4, -0.2) is 19.1 Å². The predicted molar refractivity (Wildman–Crippen MR) is 69.1 cm³/mol. The van der Waals surface area contributed by atoms with Gasteiger partial charge in [-0.15, -0.1) is 0 Å². The molecule has 1 aromatic rings. The molecule has 1 rings (SSSR count). The van der Waals surface area contributed by atoms with Crippen molar-refractivity contribution in [2.75, 3.05) is 13.2 Å². The number of benzene rings is 1. The maximum absolute atomic E-state index is 11.4. The Labute approximate surface area is 103 Å². The summed E-state index contributed by atoms with van der Waals surface area (Å²) in [4.78, 5) is 11.4. The minimum atomic E-state index is 0.0906. The maximum atomic E-state index is 11.4. The monoisotopic (exact) mass is 235 g/mol. The van der Waals surface area contributed by atoms with Gasteiger partial charge in [0.25, 0.3) is 0 Å². The lowest BCUT2D eigenvalue weighted by Crippen LogP contribution is -2.28. The van der Waals surface area contributed by atoms with Crippen LogP contribution in [0.25, 0.3) is 0 Å². The lowest BCUT2D eigenvalue weighted by Gasteiger charge is -2.09. The van der Waals surface area contributed by atoms with Crippen molar-refractivity contribution in [3.05, 3.63) is 29.8 Å². The molecule has 17 heavy (non-hydrogen) atoms. The van der Waals surface area contributed by atoms with Gasteiger partial charge in [-0.1, -0.05) is 26.0 Å². The molecule has 94 valence electrons. The lowest BCUT2D eigenvalue weighted by molar-refractivity contribution is -0.121. The van der Waals surface area contributed by atoms with E-state index in [1.54, 1.807) is 0 Å². The second-order valence-corrected chi connectivity index (χ2v) is 4.61. The average Bonchev–Trinajstić information content (AvgIpc) is 2.23. The van der Waals surface area contributed by atoms with Gasteiger partial charge < -0.3 is 10.1 Å². The minimum absolute atomic E-state index is 0.0906. The summed E-state index contributed by atoms with van der Waals surface area (Å²) in [7, 11) is 0. The molecule has 1 aromatic carbocycles. The van der Waals surface area contributed by atoms with Gasteiger partial charge in [0, 0.05) is 6.42 Å². The van der Waals surface area contributed by atoms with Gasteiger partial charge in [-0.05, 0) is 30.5 Å². The number of hydrogen-bond donors (Lipinski definition) is 1. The van der Waals surface area contributed by atoms with Crippen LogP contribution in [0.2, 0.25) is 0 Å². The van der Waals surface area contributed by atoms with E-state index in [1.165, 1.54) is 5.56 Å². The molecule has 0 saturated carbocycles. The van der Waals surface area contributed by atoms with Gasteiger partial charge in [0.15, 0.2) is 0 Å². The Balaban J connectivity index is 2.18.